The third-order valence-corrected chi connectivity index (χ3v) is 3.97. The number of aryl methyl sites for hydroxylation is 1. The van der Waals surface area contributed by atoms with E-state index >= 15 is 0 Å². The fourth-order valence-corrected chi connectivity index (χ4v) is 2.52. The fraction of sp³-hybridized carbons (Fsp3) is 0.562. The third-order valence-electron chi connectivity index (χ3n) is 3.97. The van der Waals surface area contributed by atoms with Crippen molar-refractivity contribution in [2.75, 3.05) is 14.2 Å². The fourth-order valence-electron chi connectivity index (χ4n) is 2.52. The van der Waals surface area contributed by atoms with Crippen LogP contribution in [0.1, 0.15) is 37.8 Å². The van der Waals surface area contributed by atoms with Crippen LogP contribution in [0.15, 0.2) is 18.2 Å². The van der Waals surface area contributed by atoms with Crippen LogP contribution >= 0.6 is 0 Å². The van der Waals surface area contributed by atoms with Gasteiger partial charge in [-0.05, 0) is 19.4 Å². The minimum atomic E-state index is -0.515. The molecule has 4 nitrogen and oxygen atoms in total. The second-order valence-electron chi connectivity index (χ2n) is 5.39. The Kier molecular flexibility index (Phi) is 5.57. The Morgan fingerprint density at radius 2 is 2.05 bits per heavy atom. The topological polar surface area (TPSA) is 61.6 Å². The molecule has 0 saturated carbocycles. The van der Waals surface area contributed by atoms with Gasteiger partial charge in [-0.3, -0.25) is 4.79 Å². The molecule has 0 amide bonds. The first-order valence-electron chi connectivity index (χ1n) is 6.86. The zero-order valence-corrected chi connectivity index (χ0v) is 13.0. The molecule has 0 aromatic heterocycles. The molecule has 0 fully saturated rings. The van der Waals surface area contributed by atoms with Crippen LogP contribution in [0.3, 0.4) is 0 Å². The summed E-state index contributed by atoms with van der Waals surface area (Å²) in [6.07, 6.45) is 1.00. The van der Waals surface area contributed by atoms with Gasteiger partial charge in [0.1, 0.15) is 5.75 Å². The molecular weight excluding hydrogens is 254 g/mol. The van der Waals surface area contributed by atoms with Gasteiger partial charge in [-0.2, -0.15) is 0 Å². The van der Waals surface area contributed by atoms with Crippen molar-refractivity contribution >= 4 is 5.97 Å². The molecule has 112 valence electrons. The predicted molar refractivity (Wildman–Crippen MR) is 80.0 cm³/mol. The lowest BCUT2D eigenvalue weighted by atomic mass is 9.72. The number of rotatable bonds is 6. The maximum absolute atomic E-state index is 11.8. The van der Waals surface area contributed by atoms with Crippen molar-refractivity contribution < 1.29 is 14.3 Å². The number of methoxy groups -OCH3 is 2. The highest BCUT2D eigenvalue weighted by atomic mass is 16.5. The molecule has 2 unspecified atom stereocenters. The van der Waals surface area contributed by atoms with E-state index in [0.717, 1.165) is 23.3 Å². The minimum absolute atomic E-state index is 0.155. The van der Waals surface area contributed by atoms with Gasteiger partial charge >= 0.3 is 5.97 Å². The van der Waals surface area contributed by atoms with Gasteiger partial charge in [0, 0.05) is 17.0 Å². The van der Waals surface area contributed by atoms with E-state index in [4.69, 9.17) is 15.2 Å². The maximum Gasteiger partial charge on any atom is 0.306 e. The molecule has 0 bridgehead atoms. The van der Waals surface area contributed by atoms with Crippen molar-refractivity contribution in [1.82, 2.24) is 0 Å². The molecule has 1 aromatic carbocycles. The zero-order valence-electron chi connectivity index (χ0n) is 13.0. The average molecular weight is 279 g/mol. The molecular formula is C16H25NO3. The summed E-state index contributed by atoms with van der Waals surface area (Å²) in [5.74, 6) is 0.492. The van der Waals surface area contributed by atoms with Gasteiger partial charge in [-0.15, -0.1) is 0 Å². The smallest absolute Gasteiger partial charge is 0.306 e. The number of esters is 1. The molecule has 20 heavy (non-hydrogen) atoms. The van der Waals surface area contributed by atoms with Gasteiger partial charge in [0.25, 0.3) is 0 Å². The molecule has 0 aliphatic carbocycles. The summed E-state index contributed by atoms with van der Waals surface area (Å²) >= 11 is 0. The number of benzene rings is 1. The SMILES string of the molecule is CCC(N)C(C)(CC(=O)OC)c1cc(C)ccc1OC. The normalized spacial score (nSPS) is 15.3. The lowest BCUT2D eigenvalue weighted by molar-refractivity contribution is -0.142. The van der Waals surface area contributed by atoms with Gasteiger partial charge in [0.05, 0.1) is 20.6 Å². The number of carbonyl (C=O) groups is 1. The van der Waals surface area contributed by atoms with Crippen molar-refractivity contribution in [3.63, 3.8) is 0 Å². The highest BCUT2D eigenvalue weighted by molar-refractivity contribution is 5.72. The van der Waals surface area contributed by atoms with Crippen LogP contribution in [0.5, 0.6) is 5.75 Å². The Morgan fingerprint density at radius 1 is 1.40 bits per heavy atom. The lowest BCUT2D eigenvalue weighted by Gasteiger charge is -2.36. The quantitative estimate of drug-likeness (QED) is 0.813. The maximum atomic E-state index is 11.8. The predicted octanol–water partition coefficient (Wildman–Crippen LogP) is 2.56. The van der Waals surface area contributed by atoms with Crippen LogP contribution in [-0.4, -0.2) is 26.2 Å². The molecule has 1 rings (SSSR count). The molecule has 2 atom stereocenters. The summed E-state index contributed by atoms with van der Waals surface area (Å²) in [6.45, 7) is 6.02. The average Bonchev–Trinajstić information content (AvgIpc) is 2.45. The summed E-state index contributed by atoms with van der Waals surface area (Å²) < 4.78 is 10.3. The summed E-state index contributed by atoms with van der Waals surface area (Å²) in [5, 5.41) is 0. The van der Waals surface area contributed by atoms with E-state index < -0.39 is 5.41 Å². The van der Waals surface area contributed by atoms with E-state index in [2.05, 4.69) is 0 Å². The van der Waals surface area contributed by atoms with Crippen LogP contribution in [0.2, 0.25) is 0 Å². The van der Waals surface area contributed by atoms with Crippen molar-refractivity contribution in [2.45, 2.75) is 45.1 Å². The molecule has 2 N–H and O–H groups in total. The Morgan fingerprint density at radius 3 is 2.55 bits per heavy atom. The van der Waals surface area contributed by atoms with Gasteiger partial charge in [0.2, 0.25) is 0 Å². The van der Waals surface area contributed by atoms with Gasteiger partial charge in [-0.25, -0.2) is 0 Å². The monoisotopic (exact) mass is 279 g/mol. The molecule has 0 heterocycles. The van der Waals surface area contributed by atoms with Crippen molar-refractivity contribution in [3.8, 4) is 5.75 Å². The van der Waals surface area contributed by atoms with Crippen molar-refractivity contribution in [3.05, 3.63) is 29.3 Å². The Balaban J connectivity index is 3.36. The Labute approximate surface area is 121 Å². The number of hydrogen-bond acceptors (Lipinski definition) is 4. The summed E-state index contributed by atoms with van der Waals surface area (Å²) in [7, 11) is 3.03. The Hall–Kier alpha value is -1.55. The largest absolute Gasteiger partial charge is 0.496 e. The number of hydrogen-bond donors (Lipinski definition) is 1. The lowest BCUT2D eigenvalue weighted by Crippen LogP contribution is -2.44. The second-order valence-corrected chi connectivity index (χ2v) is 5.39. The third kappa shape index (κ3) is 3.31. The summed E-state index contributed by atoms with van der Waals surface area (Å²) in [5.41, 5.74) is 7.85. The zero-order chi connectivity index (χ0) is 15.3. The standard InChI is InChI=1S/C16H25NO3/c1-6-14(17)16(3,10-15(18)20-5)12-9-11(2)7-8-13(12)19-4/h7-9,14H,6,10,17H2,1-5H3. The minimum Gasteiger partial charge on any atom is -0.496 e. The Bertz CT molecular complexity index is 473. The number of carbonyl (C=O) groups excluding carboxylic acids is 1. The molecule has 0 aliphatic heterocycles. The highest BCUT2D eigenvalue weighted by Crippen LogP contribution is 2.38. The van der Waals surface area contributed by atoms with E-state index in [1.165, 1.54) is 7.11 Å². The molecule has 0 spiro atoms. The van der Waals surface area contributed by atoms with Crippen molar-refractivity contribution in [2.24, 2.45) is 5.73 Å². The molecule has 0 aliphatic rings. The number of ether oxygens (including phenoxy) is 2. The van der Waals surface area contributed by atoms with Gasteiger partial charge < -0.3 is 15.2 Å². The molecule has 0 saturated heterocycles. The summed E-state index contributed by atoms with van der Waals surface area (Å²) in [4.78, 5) is 11.8. The van der Waals surface area contributed by atoms with Crippen LogP contribution in [0.4, 0.5) is 0 Å². The molecule has 4 heteroatoms. The van der Waals surface area contributed by atoms with Crippen LogP contribution in [0, 0.1) is 6.92 Å². The van der Waals surface area contributed by atoms with E-state index in [1.54, 1.807) is 7.11 Å². The molecule has 1 aromatic rings. The van der Waals surface area contributed by atoms with Gasteiger partial charge in [-0.1, -0.05) is 31.5 Å². The van der Waals surface area contributed by atoms with E-state index in [1.807, 2.05) is 39.0 Å². The van der Waals surface area contributed by atoms with Crippen LogP contribution in [0.25, 0.3) is 0 Å². The first-order chi connectivity index (χ1) is 9.38. The molecule has 0 radical (unpaired) electrons. The van der Waals surface area contributed by atoms with E-state index in [9.17, 15) is 4.79 Å². The van der Waals surface area contributed by atoms with E-state index in [-0.39, 0.29) is 18.4 Å². The second kappa shape index (κ2) is 6.75. The van der Waals surface area contributed by atoms with Crippen LogP contribution in [-0.2, 0) is 14.9 Å². The van der Waals surface area contributed by atoms with Gasteiger partial charge in [0.15, 0.2) is 0 Å². The highest BCUT2D eigenvalue weighted by Gasteiger charge is 2.37. The number of nitrogens with two attached hydrogens (primary N) is 1. The first kappa shape index (κ1) is 16.5. The van der Waals surface area contributed by atoms with Crippen molar-refractivity contribution in [1.29, 1.82) is 0 Å². The van der Waals surface area contributed by atoms with E-state index in [0.29, 0.717) is 0 Å². The summed E-state index contributed by atoms with van der Waals surface area (Å²) in [6, 6.07) is 5.79. The first-order valence-corrected chi connectivity index (χ1v) is 6.86. The van der Waals surface area contributed by atoms with Crippen LogP contribution < -0.4 is 10.5 Å².